The van der Waals surface area contributed by atoms with Crippen molar-refractivity contribution in [1.29, 1.82) is 0 Å². The quantitative estimate of drug-likeness (QED) is 0.726. The van der Waals surface area contributed by atoms with Crippen LogP contribution < -0.4 is 10.5 Å². The normalized spacial score (nSPS) is 18.6. The van der Waals surface area contributed by atoms with Crippen LogP contribution in [0.25, 0.3) is 0 Å². The fourth-order valence-electron chi connectivity index (χ4n) is 3.40. The predicted octanol–water partition coefficient (Wildman–Crippen LogP) is 3.66. The Morgan fingerprint density at radius 3 is 2.40 bits per heavy atom. The summed E-state index contributed by atoms with van der Waals surface area (Å²) >= 11 is 0. The highest BCUT2D eigenvalue weighted by Gasteiger charge is 2.37. The van der Waals surface area contributed by atoms with Crippen molar-refractivity contribution in [3.8, 4) is 5.75 Å². The third-order valence-corrected chi connectivity index (χ3v) is 6.72. The molecule has 162 valence electrons. The number of carbonyl (C=O) groups is 1. The molecule has 0 saturated carbocycles. The SMILES string of the molecule is CC(C)(C)OC(=O)C(C)(N)CC1CCc2ccc(S(=O)(=O)c3ccccc3)cc2O1. The van der Waals surface area contributed by atoms with Gasteiger partial charge in [0, 0.05) is 6.42 Å². The van der Waals surface area contributed by atoms with Crippen LogP contribution in [0.2, 0.25) is 0 Å². The lowest BCUT2D eigenvalue weighted by atomic mass is 9.90. The van der Waals surface area contributed by atoms with E-state index in [4.69, 9.17) is 15.2 Å². The zero-order valence-electron chi connectivity index (χ0n) is 17.8. The second-order valence-electron chi connectivity index (χ2n) is 8.99. The van der Waals surface area contributed by atoms with Gasteiger partial charge < -0.3 is 15.2 Å². The second-order valence-corrected chi connectivity index (χ2v) is 10.9. The van der Waals surface area contributed by atoms with Gasteiger partial charge in [-0.25, -0.2) is 8.42 Å². The van der Waals surface area contributed by atoms with Crippen molar-refractivity contribution < 1.29 is 22.7 Å². The lowest BCUT2D eigenvalue weighted by Gasteiger charge is -2.33. The highest BCUT2D eigenvalue weighted by atomic mass is 32.2. The molecule has 0 saturated heterocycles. The van der Waals surface area contributed by atoms with Crippen LogP contribution in [0.1, 0.15) is 46.1 Å². The average Bonchev–Trinajstić information content (AvgIpc) is 2.66. The summed E-state index contributed by atoms with van der Waals surface area (Å²) in [5, 5.41) is 0. The molecule has 30 heavy (non-hydrogen) atoms. The molecule has 7 heteroatoms. The van der Waals surface area contributed by atoms with Gasteiger partial charge >= 0.3 is 5.97 Å². The van der Waals surface area contributed by atoms with E-state index in [-0.39, 0.29) is 22.3 Å². The van der Waals surface area contributed by atoms with Crippen molar-refractivity contribution in [2.45, 2.75) is 74.0 Å². The van der Waals surface area contributed by atoms with Crippen LogP contribution in [0.15, 0.2) is 58.3 Å². The van der Waals surface area contributed by atoms with E-state index < -0.39 is 26.9 Å². The Hall–Kier alpha value is -2.38. The molecule has 2 unspecified atom stereocenters. The molecule has 1 heterocycles. The smallest absolute Gasteiger partial charge is 0.326 e. The number of hydrogen-bond acceptors (Lipinski definition) is 6. The van der Waals surface area contributed by atoms with E-state index in [2.05, 4.69) is 0 Å². The summed E-state index contributed by atoms with van der Waals surface area (Å²) in [4.78, 5) is 12.9. The Bertz CT molecular complexity index is 1020. The van der Waals surface area contributed by atoms with Crippen LogP contribution in [-0.2, 0) is 25.8 Å². The van der Waals surface area contributed by atoms with Crippen molar-refractivity contribution in [3.05, 3.63) is 54.1 Å². The molecule has 2 aromatic rings. The number of ether oxygens (including phenoxy) is 2. The summed E-state index contributed by atoms with van der Waals surface area (Å²) in [6.07, 6.45) is 1.37. The third kappa shape index (κ3) is 5.02. The maximum atomic E-state index is 12.9. The summed E-state index contributed by atoms with van der Waals surface area (Å²) in [6, 6.07) is 13.3. The standard InChI is InChI=1S/C23H29NO5S/c1-22(2,3)29-21(25)23(4,24)15-17-12-10-16-11-13-19(14-20(16)28-17)30(26,27)18-8-6-5-7-9-18/h5-9,11,13-14,17H,10,12,15,24H2,1-4H3. The van der Waals surface area contributed by atoms with Crippen LogP contribution in [0, 0.1) is 0 Å². The average molecular weight is 432 g/mol. The summed E-state index contributed by atoms with van der Waals surface area (Å²) in [6.45, 7) is 7.02. The van der Waals surface area contributed by atoms with Gasteiger partial charge in [0.1, 0.15) is 23.0 Å². The molecule has 0 aliphatic carbocycles. The highest BCUT2D eigenvalue weighted by molar-refractivity contribution is 7.91. The van der Waals surface area contributed by atoms with Crippen molar-refractivity contribution in [3.63, 3.8) is 0 Å². The summed E-state index contributed by atoms with van der Waals surface area (Å²) in [5.74, 6) is 0.0352. The van der Waals surface area contributed by atoms with E-state index in [9.17, 15) is 13.2 Å². The molecular formula is C23H29NO5S. The number of sulfone groups is 1. The van der Waals surface area contributed by atoms with Gasteiger partial charge in [-0.15, -0.1) is 0 Å². The lowest BCUT2D eigenvalue weighted by molar-refractivity contribution is -0.162. The van der Waals surface area contributed by atoms with Crippen LogP contribution in [-0.4, -0.2) is 31.6 Å². The lowest BCUT2D eigenvalue weighted by Crippen LogP contribution is -2.51. The molecule has 3 rings (SSSR count). The first-order valence-corrected chi connectivity index (χ1v) is 11.5. The van der Waals surface area contributed by atoms with E-state index in [1.54, 1.807) is 76.2 Å². The zero-order valence-corrected chi connectivity index (χ0v) is 18.7. The Labute approximate surface area is 178 Å². The Balaban J connectivity index is 1.79. The van der Waals surface area contributed by atoms with Crippen molar-refractivity contribution in [2.24, 2.45) is 5.73 Å². The molecule has 0 fully saturated rings. The maximum absolute atomic E-state index is 12.9. The largest absolute Gasteiger partial charge is 0.490 e. The molecule has 0 radical (unpaired) electrons. The number of aryl methyl sites for hydroxylation is 1. The first kappa shape index (κ1) is 22.3. The summed E-state index contributed by atoms with van der Waals surface area (Å²) in [5.41, 5.74) is 5.35. The third-order valence-electron chi connectivity index (χ3n) is 4.95. The number of carbonyl (C=O) groups excluding carboxylic acids is 1. The Morgan fingerprint density at radius 1 is 1.10 bits per heavy atom. The van der Waals surface area contributed by atoms with E-state index in [0.717, 1.165) is 12.0 Å². The topological polar surface area (TPSA) is 95.7 Å². The van der Waals surface area contributed by atoms with E-state index in [1.165, 1.54) is 0 Å². The van der Waals surface area contributed by atoms with Crippen molar-refractivity contribution in [1.82, 2.24) is 0 Å². The molecule has 0 aromatic heterocycles. The first-order chi connectivity index (χ1) is 13.9. The summed E-state index contributed by atoms with van der Waals surface area (Å²) < 4.78 is 37.3. The van der Waals surface area contributed by atoms with Crippen LogP contribution in [0.4, 0.5) is 0 Å². The van der Waals surface area contributed by atoms with Gasteiger partial charge in [-0.1, -0.05) is 24.3 Å². The Kier molecular flexibility index (Phi) is 5.98. The van der Waals surface area contributed by atoms with Gasteiger partial charge in [-0.05, 0) is 70.4 Å². The van der Waals surface area contributed by atoms with Gasteiger partial charge in [-0.3, -0.25) is 4.79 Å². The Morgan fingerprint density at radius 2 is 1.77 bits per heavy atom. The number of hydrogen-bond donors (Lipinski definition) is 1. The van der Waals surface area contributed by atoms with Gasteiger partial charge in [0.25, 0.3) is 0 Å². The fourth-order valence-corrected chi connectivity index (χ4v) is 4.70. The fraction of sp³-hybridized carbons (Fsp3) is 0.435. The molecule has 2 N–H and O–H groups in total. The van der Waals surface area contributed by atoms with Crippen molar-refractivity contribution in [2.75, 3.05) is 0 Å². The van der Waals surface area contributed by atoms with E-state index in [1.807, 2.05) is 0 Å². The number of nitrogens with two attached hydrogens (primary N) is 1. The zero-order chi connectivity index (χ0) is 22.2. The molecule has 2 atom stereocenters. The first-order valence-electron chi connectivity index (χ1n) is 10.0. The minimum Gasteiger partial charge on any atom is -0.490 e. The van der Waals surface area contributed by atoms with Crippen LogP contribution >= 0.6 is 0 Å². The molecule has 2 aromatic carbocycles. The minimum absolute atomic E-state index is 0.177. The van der Waals surface area contributed by atoms with Crippen LogP contribution in [0.5, 0.6) is 5.75 Å². The highest BCUT2D eigenvalue weighted by Crippen LogP contribution is 2.34. The number of fused-ring (bicyclic) bond motifs is 1. The predicted molar refractivity (Wildman–Crippen MR) is 114 cm³/mol. The molecular weight excluding hydrogens is 402 g/mol. The van der Waals surface area contributed by atoms with Gasteiger partial charge in [0.15, 0.2) is 0 Å². The van der Waals surface area contributed by atoms with E-state index in [0.29, 0.717) is 12.2 Å². The molecule has 0 amide bonds. The van der Waals surface area contributed by atoms with Crippen LogP contribution in [0.3, 0.4) is 0 Å². The molecule has 6 nitrogen and oxygen atoms in total. The number of esters is 1. The molecule has 1 aliphatic heterocycles. The number of benzene rings is 2. The monoisotopic (exact) mass is 431 g/mol. The van der Waals surface area contributed by atoms with Gasteiger partial charge in [0.2, 0.25) is 9.84 Å². The number of rotatable bonds is 5. The van der Waals surface area contributed by atoms with Gasteiger partial charge in [0.05, 0.1) is 9.79 Å². The van der Waals surface area contributed by atoms with E-state index >= 15 is 0 Å². The van der Waals surface area contributed by atoms with Crippen molar-refractivity contribution >= 4 is 15.8 Å². The second kappa shape index (κ2) is 8.04. The molecule has 0 bridgehead atoms. The summed E-state index contributed by atoms with van der Waals surface area (Å²) in [7, 11) is -3.64. The van der Waals surface area contributed by atoms with Gasteiger partial charge in [-0.2, -0.15) is 0 Å². The maximum Gasteiger partial charge on any atom is 0.326 e. The minimum atomic E-state index is -3.64. The molecule has 0 spiro atoms. The molecule has 1 aliphatic rings.